The lowest BCUT2D eigenvalue weighted by Crippen LogP contribution is -2.59. The highest BCUT2D eigenvalue weighted by Crippen LogP contribution is 2.34. The van der Waals surface area contributed by atoms with Crippen LogP contribution in [0.5, 0.6) is 0 Å². The van der Waals surface area contributed by atoms with E-state index < -0.39 is 21.7 Å². The monoisotopic (exact) mass is 568 g/mol. The lowest BCUT2D eigenvalue weighted by molar-refractivity contribution is 0.109. The number of H-pyrrole nitrogens is 1. The van der Waals surface area contributed by atoms with Gasteiger partial charge in [-0.2, -0.15) is 4.31 Å². The molecule has 1 aromatic carbocycles. The molecule has 1 aliphatic carbocycles. The standard InChI is InChI=1S/C29H40N6O4S/c1-3-29(33-28(36)39-18-22-8-5-4-6-9-22)15-7-17-35(20-29)40(37,38)19-23-10-12-24(13-11-23)34(2)27-25-14-16-30-26(25)31-21-32-27/h4-6,8-9,14,16,21,23-24H,3,7,10-13,15,17-20H2,1-2H3,(H,33,36)(H,30,31,32)/t23-,24-,29?. The fraction of sp³-hybridized carbons (Fsp3) is 0.552. The van der Waals surface area contributed by atoms with E-state index in [1.165, 1.54) is 0 Å². The maximum absolute atomic E-state index is 13.6. The second-order valence-electron chi connectivity index (χ2n) is 11.3. The zero-order valence-electron chi connectivity index (χ0n) is 23.4. The molecule has 3 heterocycles. The van der Waals surface area contributed by atoms with E-state index >= 15 is 0 Å². The highest BCUT2D eigenvalue weighted by Gasteiger charge is 2.41. The summed E-state index contributed by atoms with van der Waals surface area (Å²) in [6, 6.07) is 11.8. The van der Waals surface area contributed by atoms with E-state index in [4.69, 9.17) is 4.74 Å². The normalized spacial score (nSPS) is 24.1. The number of sulfonamides is 1. The topological polar surface area (TPSA) is 121 Å². The summed E-state index contributed by atoms with van der Waals surface area (Å²) < 4.78 is 34.2. The number of carbonyl (C=O) groups excluding carboxylic acids is 1. The zero-order chi connectivity index (χ0) is 28.2. The number of nitrogens with zero attached hydrogens (tertiary/aromatic N) is 4. The number of rotatable bonds is 9. The average molecular weight is 569 g/mol. The summed E-state index contributed by atoms with van der Waals surface area (Å²) in [6.45, 7) is 2.94. The van der Waals surface area contributed by atoms with Crippen LogP contribution in [-0.2, 0) is 21.4 Å². The van der Waals surface area contributed by atoms with Crippen LogP contribution in [0.3, 0.4) is 0 Å². The molecular formula is C29H40N6O4S. The minimum absolute atomic E-state index is 0.120. The summed E-state index contributed by atoms with van der Waals surface area (Å²) in [5, 5.41) is 4.01. The Hall–Kier alpha value is -3.18. The number of hydrogen-bond donors (Lipinski definition) is 2. The molecule has 1 saturated heterocycles. The van der Waals surface area contributed by atoms with Crippen molar-refractivity contribution < 1.29 is 17.9 Å². The Morgan fingerprint density at radius 1 is 1.18 bits per heavy atom. The second kappa shape index (κ2) is 12.1. The number of alkyl carbamates (subject to hydrolysis) is 1. The maximum atomic E-state index is 13.6. The first kappa shape index (κ1) is 28.4. The Labute approximate surface area is 236 Å². The summed E-state index contributed by atoms with van der Waals surface area (Å²) in [5.74, 6) is 1.17. The molecule has 1 unspecified atom stereocenters. The molecule has 1 atom stereocenters. The Kier molecular flexibility index (Phi) is 8.60. The number of piperidine rings is 1. The fourth-order valence-corrected chi connectivity index (χ4v) is 8.19. The van der Waals surface area contributed by atoms with Crippen molar-refractivity contribution in [2.75, 3.05) is 30.8 Å². The molecule has 2 N–H and O–H groups in total. The molecular weight excluding hydrogens is 528 g/mol. The van der Waals surface area contributed by atoms with Gasteiger partial charge in [0.2, 0.25) is 10.0 Å². The van der Waals surface area contributed by atoms with Crippen LogP contribution in [0.1, 0.15) is 57.4 Å². The first-order valence-corrected chi connectivity index (χ1v) is 15.9. The summed E-state index contributed by atoms with van der Waals surface area (Å²) in [4.78, 5) is 26.8. The van der Waals surface area contributed by atoms with Crippen LogP contribution in [0.4, 0.5) is 10.6 Å². The van der Waals surface area contributed by atoms with Crippen molar-refractivity contribution in [1.29, 1.82) is 0 Å². The number of nitrogens with one attached hydrogen (secondary N) is 2. The van der Waals surface area contributed by atoms with Crippen molar-refractivity contribution in [2.24, 2.45) is 5.92 Å². The van der Waals surface area contributed by atoms with Gasteiger partial charge >= 0.3 is 6.09 Å². The van der Waals surface area contributed by atoms with Gasteiger partial charge in [-0.05, 0) is 62.5 Å². The van der Waals surface area contributed by atoms with Gasteiger partial charge in [-0.3, -0.25) is 0 Å². The number of carbonyl (C=O) groups is 1. The van der Waals surface area contributed by atoms with Crippen LogP contribution in [0, 0.1) is 5.92 Å². The molecule has 2 aliphatic rings. The Balaban J connectivity index is 1.15. The number of amides is 1. The predicted molar refractivity (Wildman–Crippen MR) is 155 cm³/mol. The molecule has 3 aromatic rings. The number of anilines is 1. The van der Waals surface area contributed by atoms with Crippen molar-refractivity contribution in [1.82, 2.24) is 24.6 Å². The molecule has 2 aromatic heterocycles. The van der Waals surface area contributed by atoms with Crippen LogP contribution >= 0.6 is 0 Å². The molecule has 0 spiro atoms. The molecule has 216 valence electrons. The van der Waals surface area contributed by atoms with Gasteiger partial charge in [0.1, 0.15) is 24.4 Å². The second-order valence-corrected chi connectivity index (χ2v) is 13.3. The number of aromatic nitrogens is 3. The average Bonchev–Trinajstić information content (AvgIpc) is 3.46. The van der Waals surface area contributed by atoms with Gasteiger partial charge in [0.05, 0.1) is 16.7 Å². The van der Waals surface area contributed by atoms with Gasteiger partial charge in [0.25, 0.3) is 0 Å². The van der Waals surface area contributed by atoms with Crippen LogP contribution in [0.15, 0.2) is 48.9 Å². The molecule has 40 heavy (non-hydrogen) atoms. The smallest absolute Gasteiger partial charge is 0.407 e. The van der Waals surface area contributed by atoms with E-state index in [1.54, 1.807) is 10.6 Å². The molecule has 1 saturated carbocycles. The molecule has 10 nitrogen and oxygen atoms in total. The van der Waals surface area contributed by atoms with Crippen molar-refractivity contribution in [3.8, 4) is 0 Å². The van der Waals surface area contributed by atoms with Crippen molar-refractivity contribution in [3.63, 3.8) is 0 Å². The van der Waals surface area contributed by atoms with Gasteiger partial charge in [0, 0.05) is 32.4 Å². The number of ether oxygens (including phenoxy) is 1. The minimum atomic E-state index is -3.46. The molecule has 2 fully saturated rings. The van der Waals surface area contributed by atoms with Gasteiger partial charge in [-0.1, -0.05) is 37.3 Å². The Bertz CT molecular complexity index is 1390. The van der Waals surface area contributed by atoms with Crippen molar-refractivity contribution in [3.05, 3.63) is 54.5 Å². The zero-order valence-corrected chi connectivity index (χ0v) is 24.2. The van der Waals surface area contributed by atoms with E-state index in [9.17, 15) is 13.2 Å². The summed E-state index contributed by atoms with van der Waals surface area (Å²) >= 11 is 0. The van der Waals surface area contributed by atoms with E-state index in [-0.39, 0.29) is 24.8 Å². The Morgan fingerprint density at radius 3 is 2.70 bits per heavy atom. The molecule has 1 amide bonds. The number of hydrogen-bond acceptors (Lipinski definition) is 7. The SMILES string of the molecule is CCC1(NC(=O)OCc2ccccc2)CCCN(S(=O)(=O)C[C@H]2CC[C@H](N(C)c3ncnc4[nH]ccc34)CC2)C1. The van der Waals surface area contributed by atoms with Crippen LogP contribution < -0.4 is 10.2 Å². The third kappa shape index (κ3) is 6.41. The highest BCUT2D eigenvalue weighted by molar-refractivity contribution is 7.89. The van der Waals surface area contributed by atoms with Crippen LogP contribution in [0.2, 0.25) is 0 Å². The van der Waals surface area contributed by atoms with Gasteiger partial charge < -0.3 is 19.9 Å². The lowest BCUT2D eigenvalue weighted by Gasteiger charge is -2.42. The van der Waals surface area contributed by atoms with E-state index in [0.29, 0.717) is 25.4 Å². The summed E-state index contributed by atoms with van der Waals surface area (Å²) in [5.41, 5.74) is 1.10. The Morgan fingerprint density at radius 2 is 1.95 bits per heavy atom. The number of benzene rings is 1. The predicted octanol–water partition coefficient (Wildman–Crippen LogP) is 4.45. The summed E-state index contributed by atoms with van der Waals surface area (Å²) in [6.07, 6.45) is 8.55. The van der Waals surface area contributed by atoms with Crippen molar-refractivity contribution >= 4 is 33.0 Å². The maximum Gasteiger partial charge on any atom is 0.407 e. The van der Waals surface area contributed by atoms with Crippen molar-refractivity contribution in [2.45, 2.75) is 70.1 Å². The van der Waals surface area contributed by atoms with E-state index in [1.807, 2.05) is 49.5 Å². The van der Waals surface area contributed by atoms with Crippen LogP contribution in [0.25, 0.3) is 11.0 Å². The first-order valence-electron chi connectivity index (χ1n) is 14.3. The molecule has 0 bridgehead atoms. The summed E-state index contributed by atoms with van der Waals surface area (Å²) in [7, 11) is -1.40. The molecule has 5 rings (SSSR count). The molecule has 11 heteroatoms. The third-order valence-corrected chi connectivity index (χ3v) is 10.7. The number of fused-ring (bicyclic) bond motifs is 1. The van der Waals surface area contributed by atoms with Crippen LogP contribution in [-0.4, -0.2) is 71.2 Å². The first-order chi connectivity index (χ1) is 19.3. The fourth-order valence-electron chi connectivity index (χ4n) is 6.20. The largest absolute Gasteiger partial charge is 0.445 e. The van der Waals surface area contributed by atoms with Gasteiger partial charge in [-0.25, -0.2) is 23.2 Å². The van der Waals surface area contributed by atoms with E-state index in [2.05, 4.69) is 32.2 Å². The minimum Gasteiger partial charge on any atom is -0.445 e. The molecule has 0 radical (unpaired) electrons. The lowest BCUT2D eigenvalue weighted by atomic mass is 9.86. The number of aromatic amines is 1. The quantitative estimate of drug-likeness (QED) is 0.391. The van der Waals surface area contributed by atoms with Gasteiger partial charge in [0.15, 0.2) is 0 Å². The molecule has 1 aliphatic heterocycles. The highest BCUT2D eigenvalue weighted by atomic mass is 32.2. The third-order valence-electron chi connectivity index (χ3n) is 8.67. The van der Waals surface area contributed by atoms with E-state index in [0.717, 1.165) is 54.5 Å². The van der Waals surface area contributed by atoms with Gasteiger partial charge in [-0.15, -0.1) is 0 Å².